The van der Waals surface area contributed by atoms with Gasteiger partial charge in [0.15, 0.2) is 0 Å². The Morgan fingerprint density at radius 3 is 1.86 bits per heavy atom. The number of aromatic nitrogens is 2. The van der Waals surface area contributed by atoms with Crippen LogP contribution in [0.3, 0.4) is 0 Å². The number of hydrogen-bond acceptors (Lipinski definition) is 3. The van der Waals surface area contributed by atoms with E-state index in [1.807, 2.05) is 30.3 Å². The van der Waals surface area contributed by atoms with E-state index >= 15 is 0 Å². The summed E-state index contributed by atoms with van der Waals surface area (Å²) in [7, 11) is 0. The van der Waals surface area contributed by atoms with Crippen LogP contribution >= 0.6 is 0 Å². The standard InChI is InChI=1S/C26H16N2O/c1-3-11-19-17(8-1)10-7-15-23(19)25-27-28-26(29-25)24-16-18-9-2-4-12-20(18)21-13-5-6-14-22(21)24/h1-16H. The van der Waals surface area contributed by atoms with Crippen molar-refractivity contribution in [2.24, 2.45) is 0 Å². The molecule has 0 saturated carbocycles. The van der Waals surface area contributed by atoms with Gasteiger partial charge in [0.05, 0.1) is 0 Å². The normalized spacial score (nSPS) is 11.4. The van der Waals surface area contributed by atoms with Gasteiger partial charge in [0, 0.05) is 11.1 Å². The number of fused-ring (bicyclic) bond motifs is 4. The fraction of sp³-hybridized carbons (Fsp3) is 0. The molecule has 0 atom stereocenters. The molecular formula is C26H16N2O. The van der Waals surface area contributed by atoms with E-state index in [9.17, 15) is 0 Å². The van der Waals surface area contributed by atoms with Gasteiger partial charge in [0.1, 0.15) is 0 Å². The highest BCUT2D eigenvalue weighted by atomic mass is 16.4. The molecule has 6 rings (SSSR count). The van der Waals surface area contributed by atoms with E-state index in [0.717, 1.165) is 32.7 Å². The molecule has 29 heavy (non-hydrogen) atoms. The summed E-state index contributed by atoms with van der Waals surface area (Å²) >= 11 is 0. The molecule has 3 nitrogen and oxygen atoms in total. The van der Waals surface area contributed by atoms with Gasteiger partial charge in [-0.1, -0.05) is 84.9 Å². The number of hydrogen-bond donors (Lipinski definition) is 0. The number of benzene rings is 5. The summed E-state index contributed by atoms with van der Waals surface area (Å²) in [5, 5.41) is 15.7. The van der Waals surface area contributed by atoms with Gasteiger partial charge in [-0.2, -0.15) is 0 Å². The average molecular weight is 372 g/mol. The smallest absolute Gasteiger partial charge is 0.248 e. The van der Waals surface area contributed by atoms with Crippen molar-refractivity contribution < 1.29 is 4.42 Å². The van der Waals surface area contributed by atoms with Crippen LogP contribution in [0.15, 0.2) is 101 Å². The van der Waals surface area contributed by atoms with E-state index in [0.29, 0.717) is 11.8 Å². The van der Waals surface area contributed by atoms with Crippen LogP contribution in [-0.2, 0) is 0 Å². The molecule has 0 aliphatic carbocycles. The molecule has 0 bridgehead atoms. The molecule has 3 heteroatoms. The van der Waals surface area contributed by atoms with Gasteiger partial charge in [-0.3, -0.25) is 0 Å². The van der Waals surface area contributed by atoms with Crippen LogP contribution in [0.25, 0.3) is 55.2 Å². The third-order valence-electron chi connectivity index (χ3n) is 5.44. The second kappa shape index (κ2) is 6.28. The van der Waals surface area contributed by atoms with Gasteiger partial charge in [-0.15, -0.1) is 10.2 Å². The van der Waals surface area contributed by atoms with E-state index < -0.39 is 0 Å². The molecule has 5 aromatic carbocycles. The predicted molar refractivity (Wildman–Crippen MR) is 118 cm³/mol. The van der Waals surface area contributed by atoms with E-state index in [4.69, 9.17) is 4.42 Å². The minimum Gasteiger partial charge on any atom is -0.416 e. The van der Waals surface area contributed by atoms with E-state index in [1.165, 1.54) is 10.8 Å². The largest absolute Gasteiger partial charge is 0.416 e. The lowest BCUT2D eigenvalue weighted by Gasteiger charge is -2.08. The Balaban J connectivity index is 1.59. The van der Waals surface area contributed by atoms with Crippen molar-refractivity contribution in [2.45, 2.75) is 0 Å². The molecule has 0 spiro atoms. The van der Waals surface area contributed by atoms with Gasteiger partial charge < -0.3 is 4.42 Å². The molecule has 0 aliphatic rings. The highest BCUT2D eigenvalue weighted by Crippen LogP contribution is 2.36. The molecule has 0 amide bonds. The highest BCUT2D eigenvalue weighted by molar-refractivity contribution is 6.13. The van der Waals surface area contributed by atoms with Crippen molar-refractivity contribution in [2.75, 3.05) is 0 Å². The molecule has 0 unspecified atom stereocenters. The lowest BCUT2D eigenvalue weighted by molar-refractivity contribution is 0.586. The zero-order valence-corrected chi connectivity index (χ0v) is 15.5. The molecule has 136 valence electrons. The monoisotopic (exact) mass is 372 g/mol. The van der Waals surface area contributed by atoms with E-state index in [2.05, 4.69) is 76.9 Å². The number of nitrogens with zero attached hydrogens (tertiary/aromatic N) is 2. The highest BCUT2D eigenvalue weighted by Gasteiger charge is 2.16. The van der Waals surface area contributed by atoms with Gasteiger partial charge in [-0.25, -0.2) is 0 Å². The van der Waals surface area contributed by atoms with Crippen LogP contribution in [0.5, 0.6) is 0 Å². The Morgan fingerprint density at radius 1 is 0.448 bits per heavy atom. The summed E-state index contributed by atoms with van der Waals surface area (Å²) in [6.45, 7) is 0. The Labute approximate surface area is 167 Å². The Kier molecular flexibility index (Phi) is 3.47. The summed E-state index contributed by atoms with van der Waals surface area (Å²) < 4.78 is 6.20. The maximum atomic E-state index is 6.20. The molecule has 1 heterocycles. The van der Waals surface area contributed by atoms with Crippen molar-refractivity contribution >= 4 is 32.3 Å². The van der Waals surface area contributed by atoms with Gasteiger partial charge >= 0.3 is 0 Å². The molecule has 0 N–H and O–H groups in total. The maximum absolute atomic E-state index is 6.20. The van der Waals surface area contributed by atoms with Crippen molar-refractivity contribution in [1.29, 1.82) is 0 Å². The molecule has 0 fully saturated rings. The first-order valence-corrected chi connectivity index (χ1v) is 9.61. The third kappa shape index (κ3) is 2.52. The fourth-order valence-electron chi connectivity index (χ4n) is 4.08. The summed E-state index contributed by atoms with van der Waals surface area (Å²) in [6.07, 6.45) is 0. The van der Waals surface area contributed by atoms with Crippen LogP contribution in [0.2, 0.25) is 0 Å². The third-order valence-corrected chi connectivity index (χ3v) is 5.44. The Morgan fingerprint density at radius 2 is 1.03 bits per heavy atom. The second-order valence-electron chi connectivity index (χ2n) is 7.13. The van der Waals surface area contributed by atoms with Crippen LogP contribution in [0, 0.1) is 0 Å². The van der Waals surface area contributed by atoms with Crippen LogP contribution in [0.1, 0.15) is 0 Å². The lowest BCUT2D eigenvalue weighted by Crippen LogP contribution is -1.84. The van der Waals surface area contributed by atoms with E-state index in [-0.39, 0.29) is 0 Å². The first kappa shape index (κ1) is 16.0. The van der Waals surface area contributed by atoms with Crippen molar-refractivity contribution in [3.63, 3.8) is 0 Å². The van der Waals surface area contributed by atoms with Gasteiger partial charge in [-0.05, 0) is 44.5 Å². The molecule has 6 aromatic rings. The van der Waals surface area contributed by atoms with Crippen LogP contribution in [0.4, 0.5) is 0 Å². The Bertz CT molecular complexity index is 1510. The topological polar surface area (TPSA) is 38.9 Å². The molecule has 0 saturated heterocycles. The fourth-order valence-corrected chi connectivity index (χ4v) is 4.08. The SMILES string of the molecule is c1ccc2c(-c3nnc(-c4cc5ccccc5c5ccccc45)o3)cccc2c1. The molecular weight excluding hydrogens is 356 g/mol. The van der Waals surface area contributed by atoms with Crippen molar-refractivity contribution in [3.8, 4) is 22.9 Å². The van der Waals surface area contributed by atoms with Gasteiger partial charge in [0.25, 0.3) is 0 Å². The first-order valence-electron chi connectivity index (χ1n) is 9.61. The van der Waals surface area contributed by atoms with Crippen LogP contribution < -0.4 is 0 Å². The summed E-state index contributed by atoms with van der Waals surface area (Å²) in [4.78, 5) is 0. The minimum atomic E-state index is 0.536. The number of rotatable bonds is 2. The van der Waals surface area contributed by atoms with Crippen molar-refractivity contribution in [3.05, 3.63) is 97.1 Å². The zero-order valence-electron chi connectivity index (χ0n) is 15.5. The van der Waals surface area contributed by atoms with E-state index in [1.54, 1.807) is 0 Å². The lowest BCUT2D eigenvalue weighted by atomic mass is 9.97. The maximum Gasteiger partial charge on any atom is 0.248 e. The molecule has 1 aromatic heterocycles. The predicted octanol–water partition coefficient (Wildman–Crippen LogP) is 6.86. The second-order valence-corrected chi connectivity index (χ2v) is 7.13. The summed E-state index contributed by atoms with van der Waals surface area (Å²) in [5.74, 6) is 1.07. The average Bonchev–Trinajstić information content (AvgIpc) is 3.28. The Hall–Kier alpha value is -3.98. The summed E-state index contributed by atoms with van der Waals surface area (Å²) in [6, 6.07) is 33.3. The van der Waals surface area contributed by atoms with Crippen LogP contribution in [-0.4, -0.2) is 10.2 Å². The first-order chi connectivity index (χ1) is 14.4. The van der Waals surface area contributed by atoms with Gasteiger partial charge in [0.2, 0.25) is 11.8 Å². The quantitative estimate of drug-likeness (QED) is 0.312. The molecule has 0 radical (unpaired) electrons. The minimum absolute atomic E-state index is 0.536. The summed E-state index contributed by atoms with van der Waals surface area (Å²) in [5.41, 5.74) is 1.91. The van der Waals surface area contributed by atoms with Crippen molar-refractivity contribution in [1.82, 2.24) is 10.2 Å². The zero-order chi connectivity index (χ0) is 19.2. The molecule has 0 aliphatic heterocycles.